The van der Waals surface area contributed by atoms with E-state index in [4.69, 9.17) is 4.74 Å². The molecule has 0 saturated carbocycles. The first-order chi connectivity index (χ1) is 12.2. The Morgan fingerprint density at radius 2 is 1.88 bits per heavy atom. The third-order valence-corrected chi connectivity index (χ3v) is 8.94. The monoisotopic (exact) mass is 358 g/mol. The summed E-state index contributed by atoms with van der Waals surface area (Å²) in [6.07, 6.45) is 6.96. The number of aryl methyl sites for hydroxylation is 1. The summed E-state index contributed by atoms with van der Waals surface area (Å²) < 4.78 is 5.11. The van der Waals surface area contributed by atoms with Crippen LogP contribution in [0.3, 0.4) is 0 Å². The molecule has 0 aromatic heterocycles. The number of ether oxygens (including phenoxy) is 1. The summed E-state index contributed by atoms with van der Waals surface area (Å²) in [5, 5.41) is 10.2. The maximum absolute atomic E-state index is 10.2. The molecule has 1 heterocycles. The molecule has 1 fully saturated rings. The molecule has 1 aliphatic rings. The van der Waals surface area contributed by atoms with E-state index in [-0.39, 0.29) is 0 Å². The van der Waals surface area contributed by atoms with E-state index in [1.807, 2.05) is 12.1 Å². The number of benzene rings is 1. The molecular formula is C22H34O2Si. The maximum Gasteiger partial charge on any atom is 0.115 e. The number of hydrogen-bond acceptors (Lipinski definition) is 2. The van der Waals surface area contributed by atoms with E-state index in [1.165, 1.54) is 55.8 Å². The van der Waals surface area contributed by atoms with Crippen LogP contribution in [-0.2, 0) is 4.74 Å². The van der Waals surface area contributed by atoms with Crippen molar-refractivity contribution in [3.8, 4) is 11.8 Å². The average Bonchev–Trinajstić information content (AvgIpc) is 2.62. The van der Waals surface area contributed by atoms with Gasteiger partial charge in [-0.05, 0) is 37.8 Å². The van der Waals surface area contributed by atoms with Gasteiger partial charge in [0.25, 0.3) is 0 Å². The molecule has 1 aromatic carbocycles. The van der Waals surface area contributed by atoms with Gasteiger partial charge in [-0.15, -0.1) is 0 Å². The van der Waals surface area contributed by atoms with Crippen molar-refractivity contribution in [2.75, 3.05) is 13.7 Å². The third kappa shape index (κ3) is 8.22. The van der Waals surface area contributed by atoms with Gasteiger partial charge in [-0.1, -0.05) is 73.4 Å². The summed E-state index contributed by atoms with van der Waals surface area (Å²) in [6, 6.07) is 12.6. The molecule has 0 aliphatic carbocycles. The SMILES string of the molecule is COCCCCC[SiH]1CCC(CC(O)C#Cc2ccc(C)cc2)CC1. The summed E-state index contributed by atoms with van der Waals surface area (Å²) in [5.74, 6) is 6.83. The number of methoxy groups -OCH3 is 1. The van der Waals surface area contributed by atoms with Crippen molar-refractivity contribution in [1.82, 2.24) is 0 Å². The van der Waals surface area contributed by atoms with E-state index in [1.54, 1.807) is 7.11 Å². The van der Waals surface area contributed by atoms with E-state index in [0.29, 0.717) is 5.92 Å². The zero-order chi connectivity index (χ0) is 17.9. The Kier molecular flexibility index (Phi) is 9.32. The number of aliphatic hydroxyl groups is 1. The average molecular weight is 359 g/mol. The van der Waals surface area contributed by atoms with Crippen LogP contribution < -0.4 is 0 Å². The zero-order valence-corrected chi connectivity index (χ0v) is 17.1. The Hall–Kier alpha value is -1.08. The smallest absolute Gasteiger partial charge is 0.115 e. The normalized spacial score (nSPS) is 21.4. The molecule has 1 aliphatic heterocycles. The van der Waals surface area contributed by atoms with Crippen molar-refractivity contribution >= 4 is 8.80 Å². The minimum Gasteiger partial charge on any atom is -0.385 e. The Bertz CT molecular complexity index is 535. The standard InChI is InChI=1S/C22H34O2Si/c1-19-6-8-20(9-7-19)10-11-22(23)18-21-12-16-25(17-13-21)15-5-3-4-14-24-2/h6-9,21-23,25H,3-5,12-18H2,1-2H3. The molecule has 0 spiro atoms. The first-order valence-electron chi connectivity index (χ1n) is 9.92. The minimum atomic E-state index is -0.490. The fraction of sp³-hybridized carbons (Fsp3) is 0.636. The predicted octanol–water partition coefficient (Wildman–Crippen LogP) is 4.55. The van der Waals surface area contributed by atoms with Gasteiger partial charge in [-0.3, -0.25) is 0 Å². The predicted molar refractivity (Wildman–Crippen MR) is 109 cm³/mol. The van der Waals surface area contributed by atoms with Gasteiger partial charge in [0.2, 0.25) is 0 Å². The lowest BCUT2D eigenvalue weighted by Gasteiger charge is -2.28. The Morgan fingerprint density at radius 1 is 1.16 bits per heavy atom. The van der Waals surface area contributed by atoms with E-state index in [9.17, 15) is 5.11 Å². The summed E-state index contributed by atoms with van der Waals surface area (Å²) in [5.41, 5.74) is 2.24. The van der Waals surface area contributed by atoms with Crippen molar-refractivity contribution < 1.29 is 9.84 Å². The number of unbranched alkanes of at least 4 members (excludes halogenated alkanes) is 2. The second-order valence-corrected chi connectivity index (χ2v) is 11.1. The molecule has 0 amide bonds. The Balaban J connectivity index is 1.63. The molecule has 2 nitrogen and oxygen atoms in total. The largest absolute Gasteiger partial charge is 0.385 e. The van der Waals surface area contributed by atoms with Crippen molar-refractivity contribution in [3.05, 3.63) is 35.4 Å². The van der Waals surface area contributed by atoms with Gasteiger partial charge < -0.3 is 9.84 Å². The van der Waals surface area contributed by atoms with Crippen LogP contribution in [0.1, 0.15) is 49.7 Å². The van der Waals surface area contributed by atoms with E-state index >= 15 is 0 Å². The van der Waals surface area contributed by atoms with Crippen LogP contribution in [0.2, 0.25) is 18.1 Å². The van der Waals surface area contributed by atoms with Crippen LogP contribution in [0.15, 0.2) is 24.3 Å². The van der Waals surface area contributed by atoms with Crippen LogP contribution in [0.25, 0.3) is 0 Å². The molecule has 1 aromatic rings. The molecule has 1 saturated heterocycles. The van der Waals surface area contributed by atoms with Crippen LogP contribution in [0.5, 0.6) is 0 Å². The first kappa shape index (κ1) is 20.2. The summed E-state index contributed by atoms with van der Waals surface area (Å²) >= 11 is 0. The van der Waals surface area contributed by atoms with E-state index in [0.717, 1.165) is 18.6 Å². The number of aliphatic hydroxyl groups excluding tert-OH is 1. The van der Waals surface area contributed by atoms with Crippen molar-refractivity contribution in [3.63, 3.8) is 0 Å². The highest BCUT2D eigenvalue weighted by Gasteiger charge is 2.23. The van der Waals surface area contributed by atoms with Crippen molar-refractivity contribution in [2.45, 2.75) is 69.7 Å². The molecule has 138 valence electrons. The minimum absolute atomic E-state index is 0.474. The molecular weight excluding hydrogens is 324 g/mol. The molecule has 0 radical (unpaired) electrons. The van der Waals surface area contributed by atoms with Crippen LogP contribution in [0, 0.1) is 24.7 Å². The first-order valence-corrected chi connectivity index (χ1v) is 12.4. The van der Waals surface area contributed by atoms with Crippen LogP contribution in [0.4, 0.5) is 0 Å². The van der Waals surface area contributed by atoms with Crippen molar-refractivity contribution in [2.24, 2.45) is 5.92 Å². The summed E-state index contributed by atoms with van der Waals surface area (Å²) in [7, 11) is 1.30. The number of hydrogen-bond donors (Lipinski definition) is 1. The lowest BCUT2D eigenvalue weighted by atomic mass is 9.95. The quantitative estimate of drug-likeness (QED) is 0.420. The van der Waals surface area contributed by atoms with Gasteiger partial charge in [0.15, 0.2) is 0 Å². The second kappa shape index (κ2) is 11.5. The Labute approximate surface area is 155 Å². The van der Waals surface area contributed by atoms with Crippen LogP contribution in [-0.4, -0.2) is 33.7 Å². The molecule has 25 heavy (non-hydrogen) atoms. The maximum atomic E-state index is 10.2. The van der Waals surface area contributed by atoms with E-state index < -0.39 is 14.9 Å². The highest BCUT2D eigenvalue weighted by Crippen LogP contribution is 2.31. The topological polar surface area (TPSA) is 29.5 Å². The summed E-state index contributed by atoms with van der Waals surface area (Å²) in [6.45, 7) is 2.99. The van der Waals surface area contributed by atoms with Gasteiger partial charge in [0, 0.05) is 28.1 Å². The molecule has 1 unspecified atom stereocenters. The second-order valence-electron chi connectivity index (χ2n) is 7.62. The highest BCUT2D eigenvalue weighted by atomic mass is 28.3. The third-order valence-electron chi connectivity index (χ3n) is 5.42. The molecule has 3 heteroatoms. The molecule has 0 bridgehead atoms. The lowest BCUT2D eigenvalue weighted by Crippen LogP contribution is -2.23. The lowest BCUT2D eigenvalue weighted by molar-refractivity contribution is 0.190. The highest BCUT2D eigenvalue weighted by molar-refractivity contribution is 6.58. The number of rotatable bonds is 8. The Morgan fingerprint density at radius 3 is 2.56 bits per heavy atom. The van der Waals surface area contributed by atoms with Gasteiger partial charge in [0.1, 0.15) is 6.10 Å². The van der Waals surface area contributed by atoms with Crippen LogP contribution >= 0.6 is 0 Å². The molecule has 1 atom stereocenters. The molecule has 1 N–H and O–H groups in total. The fourth-order valence-electron chi connectivity index (χ4n) is 3.79. The van der Waals surface area contributed by atoms with Gasteiger partial charge >= 0.3 is 0 Å². The van der Waals surface area contributed by atoms with E-state index in [2.05, 4.69) is 30.9 Å². The van der Waals surface area contributed by atoms with Gasteiger partial charge in [-0.25, -0.2) is 0 Å². The van der Waals surface area contributed by atoms with Gasteiger partial charge in [-0.2, -0.15) is 0 Å². The van der Waals surface area contributed by atoms with Gasteiger partial charge in [0.05, 0.1) is 0 Å². The fourth-order valence-corrected chi connectivity index (χ4v) is 7.41. The summed E-state index contributed by atoms with van der Waals surface area (Å²) in [4.78, 5) is 0. The van der Waals surface area contributed by atoms with Crippen molar-refractivity contribution in [1.29, 1.82) is 0 Å². The zero-order valence-electron chi connectivity index (χ0n) is 16.0. The molecule has 2 rings (SSSR count).